The van der Waals surface area contributed by atoms with Crippen molar-refractivity contribution in [1.29, 1.82) is 5.26 Å². The summed E-state index contributed by atoms with van der Waals surface area (Å²) in [5, 5.41) is 43.0. The molecule has 7 atom stereocenters. The van der Waals surface area contributed by atoms with Crippen LogP contribution in [0.2, 0.25) is 0 Å². The number of phenolic OH excluding ortho intramolecular Hbond substituents is 2. The Morgan fingerprint density at radius 3 is 2.43 bits per heavy atom. The largest absolute Gasteiger partial charge is 0.504 e. The van der Waals surface area contributed by atoms with Gasteiger partial charge in [0.2, 0.25) is 0 Å². The minimum Gasteiger partial charge on any atom is -0.504 e. The van der Waals surface area contributed by atoms with Gasteiger partial charge in [-0.2, -0.15) is 5.26 Å². The molecule has 6 nitrogen and oxygen atoms in total. The molecule has 4 aliphatic carbocycles. The van der Waals surface area contributed by atoms with Crippen LogP contribution in [0.5, 0.6) is 11.5 Å². The van der Waals surface area contributed by atoms with E-state index in [9.17, 15) is 25.4 Å². The fourth-order valence-corrected chi connectivity index (χ4v) is 10.6. The number of nitrogens with one attached hydrogen (secondary N) is 1. The first-order chi connectivity index (χ1) is 20.6. The minimum atomic E-state index is -0.717. The zero-order valence-electron chi connectivity index (χ0n) is 26.8. The topological polar surface area (TPSA) is 117 Å². The zero-order chi connectivity index (χ0) is 31.6. The Morgan fingerprint density at radius 1 is 1.00 bits per heavy atom. The predicted molar refractivity (Wildman–Crippen MR) is 171 cm³/mol. The maximum Gasteiger partial charge on any atom is 0.309 e. The van der Waals surface area contributed by atoms with E-state index in [0.29, 0.717) is 17.5 Å². The molecule has 44 heavy (non-hydrogen) atoms. The van der Waals surface area contributed by atoms with Crippen molar-refractivity contribution < 1.29 is 20.1 Å². The maximum absolute atomic E-state index is 12.6. The van der Waals surface area contributed by atoms with Gasteiger partial charge in [-0.15, -0.1) is 0 Å². The lowest BCUT2D eigenvalue weighted by molar-refractivity contribution is -0.177. The van der Waals surface area contributed by atoms with E-state index in [0.717, 1.165) is 66.1 Å². The van der Waals surface area contributed by atoms with Crippen molar-refractivity contribution in [2.75, 3.05) is 0 Å². The number of carbonyl (C=O) groups is 1. The standard InChI is InChI=1S/C38H44N2O4/c1-21-31-24(25-20-40-27-8-7-22(19-39)15-23(25)27)16-29-36(4,26(31)17-28(41)32(21)42)12-14-38(6)30-18-35(3,33(43)44)10-9-34(30,2)11-13-37(29,38)5/h7-8,15-17,20,24,30,40-42H,9-14,18H2,1-6H3,(H,43,44)/t24?,30-,34-,35-,36+,37-,38+/m1/s1. The normalized spacial score (nSPS) is 37.6. The fraction of sp³-hybridized carbons (Fsp3) is 0.526. The van der Waals surface area contributed by atoms with Crippen molar-refractivity contribution in [2.24, 2.45) is 27.6 Å². The number of benzene rings is 2. The highest BCUT2D eigenvalue weighted by Gasteiger charge is 2.67. The summed E-state index contributed by atoms with van der Waals surface area (Å²) in [5.41, 5.74) is 5.49. The molecule has 0 aliphatic heterocycles. The van der Waals surface area contributed by atoms with Gasteiger partial charge in [0.15, 0.2) is 11.5 Å². The molecule has 2 aromatic carbocycles. The molecule has 3 fully saturated rings. The van der Waals surface area contributed by atoms with Crippen LogP contribution in [0.3, 0.4) is 0 Å². The Labute approximate surface area is 259 Å². The maximum atomic E-state index is 12.6. The van der Waals surface area contributed by atoms with Gasteiger partial charge >= 0.3 is 5.97 Å². The van der Waals surface area contributed by atoms with E-state index in [1.165, 1.54) is 5.57 Å². The molecular weight excluding hydrogens is 548 g/mol. The molecule has 0 spiro atoms. The van der Waals surface area contributed by atoms with Gasteiger partial charge in [-0.3, -0.25) is 4.79 Å². The number of aromatic hydroxyl groups is 2. The summed E-state index contributed by atoms with van der Waals surface area (Å²) in [4.78, 5) is 16.0. The molecule has 230 valence electrons. The van der Waals surface area contributed by atoms with E-state index in [1.807, 2.05) is 38.2 Å². The summed E-state index contributed by atoms with van der Waals surface area (Å²) in [6, 6.07) is 9.80. The predicted octanol–water partition coefficient (Wildman–Crippen LogP) is 8.59. The molecule has 0 amide bonds. The highest BCUT2D eigenvalue weighted by molar-refractivity contribution is 5.86. The first-order valence-corrected chi connectivity index (χ1v) is 16.2. The lowest BCUT2D eigenvalue weighted by atomic mass is 9.34. The summed E-state index contributed by atoms with van der Waals surface area (Å²) in [7, 11) is 0. The molecule has 6 heteroatoms. The van der Waals surface area contributed by atoms with Crippen LogP contribution in [0.4, 0.5) is 0 Å². The van der Waals surface area contributed by atoms with Gasteiger partial charge in [-0.1, -0.05) is 39.3 Å². The number of allylic oxidation sites excluding steroid dienone is 2. The number of nitriles is 1. The van der Waals surface area contributed by atoms with Gasteiger partial charge in [-0.25, -0.2) is 0 Å². The lowest BCUT2D eigenvalue weighted by Crippen LogP contribution is -2.62. The average Bonchev–Trinajstić information content (AvgIpc) is 3.41. The van der Waals surface area contributed by atoms with Gasteiger partial charge < -0.3 is 20.3 Å². The van der Waals surface area contributed by atoms with Crippen LogP contribution < -0.4 is 0 Å². The minimum absolute atomic E-state index is 0.0813. The fourth-order valence-electron chi connectivity index (χ4n) is 10.6. The highest BCUT2D eigenvalue weighted by atomic mass is 16.4. The van der Waals surface area contributed by atoms with Crippen molar-refractivity contribution in [2.45, 2.75) is 97.8 Å². The molecule has 1 aromatic heterocycles. The first kappa shape index (κ1) is 29.0. The number of H-pyrrole nitrogens is 1. The highest BCUT2D eigenvalue weighted by Crippen LogP contribution is 2.75. The summed E-state index contributed by atoms with van der Waals surface area (Å²) in [6.45, 7) is 13.4. The molecule has 4 N–H and O–H groups in total. The second-order valence-corrected chi connectivity index (χ2v) is 15.9. The van der Waals surface area contributed by atoms with E-state index in [4.69, 9.17) is 0 Å². The summed E-state index contributed by atoms with van der Waals surface area (Å²) in [6.07, 6.45) is 10.8. The zero-order valence-corrected chi connectivity index (χ0v) is 26.8. The molecule has 0 bridgehead atoms. The number of aliphatic carboxylic acids is 1. The Morgan fingerprint density at radius 2 is 1.73 bits per heavy atom. The van der Waals surface area contributed by atoms with Crippen LogP contribution >= 0.6 is 0 Å². The van der Waals surface area contributed by atoms with E-state index in [2.05, 4.69) is 44.8 Å². The van der Waals surface area contributed by atoms with Gasteiger partial charge in [0, 0.05) is 28.4 Å². The Balaban J connectivity index is 1.47. The summed E-state index contributed by atoms with van der Waals surface area (Å²) in [5.74, 6) is -0.765. The van der Waals surface area contributed by atoms with Gasteiger partial charge in [0.1, 0.15) is 0 Å². The molecule has 0 radical (unpaired) electrons. The molecule has 0 saturated heterocycles. The molecule has 7 rings (SSSR count). The van der Waals surface area contributed by atoms with Gasteiger partial charge in [0.25, 0.3) is 0 Å². The number of hydrogen-bond donors (Lipinski definition) is 4. The van der Waals surface area contributed by atoms with Crippen LogP contribution in [0, 0.1) is 45.8 Å². The van der Waals surface area contributed by atoms with E-state index in [1.54, 1.807) is 6.07 Å². The number of hydrogen-bond acceptors (Lipinski definition) is 4. The van der Waals surface area contributed by atoms with Crippen LogP contribution in [-0.2, 0) is 10.2 Å². The monoisotopic (exact) mass is 592 g/mol. The number of aromatic nitrogens is 1. The molecule has 1 unspecified atom stereocenters. The number of rotatable bonds is 2. The third-order valence-corrected chi connectivity index (χ3v) is 13.8. The number of carboxylic acid groups (broad SMARTS) is 1. The number of phenols is 2. The molecular formula is C38H44N2O4. The summed E-state index contributed by atoms with van der Waals surface area (Å²) >= 11 is 0. The smallest absolute Gasteiger partial charge is 0.309 e. The van der Waals surface area contributed by atoms with Crippen molar-refractivity contribution in [3.63, 3.8) is 0 Å². The van der Waals surface area contributed by atoms with Crippen molar-refractivity contribution in [3.05, 3.63) is 69.9 Å². The van der Waals surface area contributed by atoms with Crippen molar-refractivity contribution in [3.8, 4) is 17.6 Å². The quantitative estimate of drug-likeness (QED) is 0.176. The summed E-state index contributed by atoms with van der Waals surface area (Å²) < 4.78 is 0. The second kappa shape index (κ2) is 8.93. The van der Waals surface area contributed by atoms with Gasteiger partial charge in [0.05, 0.1) is 17.0 Å². The average molecular weight is 593 g/mol. The molecule has 1 heterocycles. The van der Waals surface area contributed by atoms with Crippen molar-refractivity contribution >= 4 is 16.9 Å². The van der Waals surface area contributed by atoms with E-state index in [-0.39, 0.29) is 45.0 Å². The van der Waals surface area contributed by atoms with Crippen molar-refractivity contribution in [1.82, 2.24) is 4.98 Å². The lowest BCUT2D eigenvalue weighted by Gasteiger charge is -2.70. The second-order valence-electron chi connectivity index (χ2n) is 15.9. The van der Waals surface area contributed by atoms with E-state index < -0.39 is 11.4 Å². The molecule has 3 aromatic rings. The van der Waals surface area contributed by atoms with Gasteiger partial charge in [-0.05, 0) is 127 Å². The third-order valence-electron chi connectivity index (χ3n) is 13.8. The Hall–Kier alpha value is -3.72. The van der Waals surface area contributed by atoms with E-state index >= 15 is 0 Å². The van der Waals surface area contributed by atoms with Crippen LogP contribution in [0.1, 0.15) is 113 Å². The van der Waals surface area contributed by atoms with Crippen LogP contribution in [0.15, 0.2) is 42.1 Å². The third kappa shape index (κ3) is 3.50. The Kier molecular flexibility index (Phi) is 5.89. The number of nitrogens with zero attached hydrogens (tertiary/aromatic N) is 1. The molecule has 3 saturated carbocycles. The SMILES string of the molecule is Cc1c(O)c(O)cc2c1C(c1c[nH]c3ccc(C#N)cc13)C=C1[C@@]2(C)CC[C@@]2(C)[C@@H]3C[C@](C)(C(=O)O)CC[C@]3(C)CC[C@]12C. The van der Waals surface area contributed by atoms with Crippen LogP contribution in [-0.4, -0.2) is 26.3 Å². The first-order valence-electron chi connectivity index (χ1n) is 16.2. The van der Waals surface area contributed by atoms with Crippen LogP contribution in [0.25, 0.3) is 10.9 Å². The number of fused-ring (bicyclic) bond motifs is 8. The Bertz CT molecular complexity index is 1830. The molecule has 4 aliphatic rings. The number of carboxylic acids is 1. The number of aromatic amines is 1.